The zero-order valence-electron chi connectivity index (χ0n) is 12.6. The van der Waals surface area contributed by atoms with E-state index >= 15 is 0 Å². The van der Waals surface area contributed by atoms with Crippen LogP contribution in [-0.4, -0.2) is 41.5 Å². The van der Waals surface area contributed by atoms with Crippen LogP contribution >= 0.6 is 0 Å². The van der Waals surface area contributed by atoms with E-state index in [0.29, 0.717) is 12.8 Å². The normalized spacial score (nSPS) is 13.4. The lowest BCUT2D eigenvalue weighted by atomic mass is 10.1. The van der Waals surface area contributed by atoms with E-state index in [1.165, 1.54) is 0 Å². The van der Waals surface area contributed by atoms with Gasteiger partial charge in [-0.1, -0.05) is 6.07 Å². The molecule has 0 aliphatic heterocycles. The van der Waals surface area contributed by atoms with Crippen LogP contribution in [0.3, 0.4) is 0 Å². The molecule has 0 saturated heterocycles. The molecule has 0 spiro atoms. The predicted molar refractivity (Wildman–Crippen MR) is 78.9 cm³/mol. The van der Waals surface area contributed by atoms with Crippen molar-refractivity contribution >= 4 is 11.9 Å². The third-order valence-corrected chi connectivity index (χ3v) is 2.95. The molecular weight excluding hydrogens is 288 g/mol. The fourth-order valence-corrected chi connectivity index (χ4v) is 1.81. The SMILES string of the molecule is CC(N)OCCC(C(=O)O)C(=O)OCCCc1cccnc1. The number of carboxylic acid groups (broad SMARTS) is 1. The molecule has 2 unspecified atom stereocenters. The van der Waals surface area contributed by atoms with Crippen LogP contribution in [0.2, 0.25) is 0 Å². The van der Waals surface area contributed by atoms with Gasteiger partial charge in [-0.15, -0.1) is 0 Å². The van der Waals surface area contributed by atoms with Crippen LogP contribution in [0.5, 0.6) is 0 Å². The fourth-order valence-electron chi connectivity index (χ4n) is 1.81. The minimum absolute atomic E-state index is 0.0400. The number of hydrogen-bond acceptors (Lipinski definition) is 6. The number of rotatable bonds is 10. The molecule has 1 aromatic rings. The van der Waals surface area contributed by atoms with Crippen molar-refractivity contribution in [1.29, 1.82) is 0 Å². The molecule has 7 heteroatoms. The van der Waals surface area contributed by atoms with Gasteiger partial charge in [-0.05, 0) is 37.8 Å². The Morgan fingerprint density at radius 3 is 2.77 bits per heavy atom. The van der Waals surface area contributed by atoms with Gasteiger partial charge in [0, 0.05) is 12.4 Å². The monoisotopic (exact) mass is 310 g/mol. The lowest BCUT2D eigenvalue weighted by molar-refractivity contribution is -0.159. The number of carboxylic acids is 1. The molecule has 0 bridgehead atoms. The highest BCUT2D eigenvalue weighted by atomic mass is 16.5. The lowest BCUT2D eigenvalue weighted by Crippen LogP contribution is -2.29. The van der Waals surface area contributed by atoms with Gasteiger partial charge in [0.2, 0.25) is 0 Å². The summed E-state index contributed by atoms with van der Waals surface area (Å²) in [7, 11) is 0. The third kappa shape index (κ3) is 7.14. The summed E-state index contributed by atoms with van der Waals surface area (Å²) >= 11 is 0. The molecule has 0 amide bonds. The molecule has 0 aromatic carbocycles. The minimum Gasteiger partial charge on any atom is -0.481 e. The number of aliphatic carboxylic acids is 1. The second kappa shape index (κ2) is 9.86. The highest BCUT2D eigenvalue weighted by Crippen LogP contribution is 2.08. The lowest BCUT2D eigenvalue weighted by Gasteiger charge is -2.13. The van der Waals surface area contributed by atoms with Crippen LogP contribution in [-0.2, 0) is 25.5 Å². The van der Waals surface area contributed by atoms with Gasteiger partial charge in [-0.25, -0.2) is 0 Å². The second-order valence-corrected chi connectivity index (χ2v) is 4.89. The van der Waals surface area contributed by atoms with Crippen LogP contribution in [0, 0.1) is 5.92 Å². The van der Waals surface area contributed by atoms with Crippen LogP contribution in [0.25, 0.3) is 0 Å². The number of pyridine rings is 1. The molecule has 1 rings (SSSR count). The molecule has 0 radical (unpaired) electrons. The van der Waals surface area contributed by atoms with E-state index in [-0.39, 0.29) is 19.6 Å². The number of aromatic nitrogens is 1. The van der Waals surface area contributed by atoms with Gasteiger partial charge in [0.1, 0.15) is 6.23 Å². The number of esters is 1. The molecular formula is C15H22N2O5. The van der Waals surface area contributed by atoms with E-state index in [0.717, 1.165) is 5.56 Å². The van der Waals surface area contributed by atoms with Crippen LogP contribution < -0.4 is 5.73 Å². The Morgan fingerprint density at radius 1 is 1.41 bits per heavy atom. The molecule has 22 heavy (non-hydrogen) atoms. The van der Waals surface area contributed by atoms with Gasteiger partial charge < -0.3 is 20.3 Å². The first kappa shape index (κ1) is 18.1. The third-order valence-electron chi connectivity index (χ3n) is 2.95. The zero-order chi connectivity index (χ0) is 16.4. The smallest absolute Gasteiger partial charge is 0.320 e. The number of hydrogen-bond donors (Lipinski definition) is 2. The van der Waals surface area contributed by atoms with E-state index < -0.39 is 24.1 Å². The molecule has 122 valence electrons. The maximum Gasteiger partial charge on any atom is 0.320 e. The van der Waals surface area contributed by atoms with Crippen molar-refractivity contribution in [3.8, 4) is 0 Å². The maximum absolute atomic E-state index is 11.8. The predicted octanol–water partition coefficient (Wildman–Crippen LogP) is 0.970. The Hall–Kier alpha value is -1.99. The summed E-state index contributed by atoms with van der Waals surface area (Å²) in [5, 5.41) is 9.05. The first-order chi connectivity index (χ1) is 10.5. The largest absolute Gasteiger partial charge is 0.481 e. The topological polar surface area (TPSA) is 112 Å². The Kier molecular flexibility index (Phi) is 8.09. The summed E-state index contributed by atoms with van der Waals surface area (Å²) in [4.78, 5) is 26.8. The summed E-state index contributed by atoms with van der Waals surface area (Å²) in [6.45, 7) is 1.90. The molecule has 7 nitrogen and oxygen atoms in total. The summed E-state index contributed by atoms with van der Waals surface area (Å²) < 4.78 is 10.1. The Bertz CT molecular complexity index is 464. The maximum atomic E-state index is 11.8. The van der Waals surface area contributed by atoms with Gasteiger partial charge in [-0.2, -0.15) is 0 Å². The summed E-state index contributed by atoms with van der Waals surface area (Å²) in [5.41, 5.74) is 6.43. The summed E-state index contributed by atoms with van der Waals surface area (Å²) in [5.74, 6) is -3.19. The van der Waals surface area contributed by atoms with Crippen molar-refractivity contribution in [3.05, 3.63) is 30.1 Å². The van der Waals surface area contributed by atoms with Crippen LogP contribution in [0.4, 0.5) is 0 Å². The molecule has 1 aromatic heterocycles. The number of aryl methyl sites for hydroxylation is 1. The first-order valence-corrected chi connectivity index (χ1v) is 7.16. The number of carbonyl (C=O) groups is 2. The Morgan fingerprint density at radius 2 is 2.18 bits per heavy atom. The highest BCUT2D eigenvalue weighted by molar-refractivity contribution is 5.93. The Labute approximate surface area is 129 Å². The molecule has 0 aliphatic rings. The molecule has 0 fully saturated rings. The number of carbonyl (C=O) groups excluding carboxylic acids is 1. The average molecular weight is 310 g/mol. The molecule has 3 N–H and O–H groups in total. The van der Waals surface area contributed by atoms with Gasteiger partial charge >= 0.3 is 11.9 Å². The van der Waals surface area contributed by atoms with Crippen molar-refractivity contribution in [1.82, 2.24) is 4.98 Å². The Balaban J connectivity index is 2.29. The van der Waals surface area contributed by atoms with E-state index in [2.05, 4.69) is 4.98 Å². The van der Waals surface area contributed by atoms with Gasteiger partial charge in [0.25, 0.3) is 0 Å². The van der Waals surface area contributed by atoms with Crippen LogP contribution in [0.15, 0.2) is 24.5 Å². The van der Waals surface area contributed by atoms with Crippen molar-refractivity contribution in [2.45, 2.75) is 32.4 Å². The molecule has 0 saturated carbocycles. The molecule has 2 atom stereocenters. The van der Waals surface area contributed by atoms with Gasteiger partial charge in [0.15, 0.2) is 5.92 Å². The first-order valence-electron chi connectivity index (χ1n) is 7.16. The highest BCUT2D eigenvalue weighted by Gasteiger charge is 2.27. The average Bonchev–Trinajstić information content (AvgIpc) is 2.48. The second-order valence-electron chi connectivity index (χ2n) is 4.89. The number of nitrogens with two attached hydrogens (primary N) is 1. The fraction of sp³-hybridized carbons (Fsp3) is 0.533. The standard InChI is InChI=1S/C15H22N2O5/c1-11(16)21-9-6-13(14(18)19)15(20)22-8-3-5-12-4-2-7-17-10-12/h2,4,7,10-11,13H,3,5-6,8-9,16H2,1H3,(H,18,19). The van der Waals surface area contributed by atoms with Crippen molar-refractivity contribution in [2.75, 3.05) is 13.2 Å². The van der Waals surface area contributed by atoms with Crippen molar-refractivity contribution < 1.29 is 24.2 Å². The molecule has 0 aliphatic carbocycles. The van der Waals surface area contributed by atoms with E-state index in [1.807, 2.05) is 12.1 Å². The van der Waals surface area contributed by atoms with Crippen LogP contribution in [0.1, 0.15) is 25.3 Å². The quantitative estimate of drug-likeness (QED) is 0.286. The number of nitrogens with zero attached hydrogens (tertiary/aromatic N) is 1. The summed E-state index contributed by atoms with van der Waals surface area (Å²) in [6.07, 6.45) is 4.30. The van der Waals surface area contributed by atoms with E-state index in [1.54, 1.807) is 19.3 Å². The molecule has 1 heterocycles. The number of ether oxygens (including phenoxy) is 2. The van der Waals surface area contributed by atoms with Gasteiger partial charge in [0.05, 0.1) is 13.2 Å². The minimum atomic E-state index is -1.22. The van der Waals surface area contributed by atoms with E-state index in [4.69, 9.17) is 20.3 Å². The zero-order valence-corrected chi connectivity index (χ0v) is 12.6. The van der Waals surface area contributed by atoms with Gasteiger partial charge in [-0.3, -0.25) is 14.6 Å². The van der Waals surface area contributed by atoms with Crippen molar-refractivity contribution in [2.24, 2.45) is 11.7 Å². The summed E-state index contributed by atoms with van der Waals surface area (Å²) in [6, 6.07) is 3.76. The van der Waals surface area contributed by atoms with Crippen molar-refractivity contribution in [3.63, 3.8) is 0 Å². The van der Waals surface area contributed by atoms with E-state index in [9.17, 15) is 9.59 Å².